The number of aromatic nitrogens is 2. The zero-order chi connectivity index (χ0) is 11.5. The number of anilines is 1. The molecule has 1 fully saturated rings. The van der Waals surface area contributed by atoms with Gasteiger partial charge in [0.25, 0.3) is 0 Å². The first-order chi connectivity index (χ1) is 7.66. The van der Waals surface area contributed by atoms with Crippen molar-refractivity contribution in [3.8, 4) is 0 Å². The van der Waals surface area contributed by atoms with Crippen molar-refractivity contribution >= 4 is 28.9 Å². The van der Waals surface area contributed by atoms with E-state index in [1.54, 1.807) is 6.07 Å². The van der Waals surface area contributed by atoms with Crippen molar-refractivity contribution in [3.63, 3.8) is 0 Å². The molecule has 0 saturated heterocycles. The van der Waals surface area contributed by atoms with Crippen LogP contribution in [0.1, 0.15) is 12.8 Å². The number of likely N-dealkylation sites (N-methyl/N-ethyl adjacent to an activating group) is 1. The van der Waals surface area contributed by atoms with Crippen LogP contribution >= 0.6 is 23.2 Å². The third kappa shape index (κ3) is 3.20. The maximum Gasteiger partial charge on any atom is 0.174 e. The number of nitrogens with zero attached hydrogens (tertiary/aromatic N) is 3. The minimum Gasteiger partial charge on any atom is -0.381 e. The van der Waals surface area contributed by atoms with Crippen LogP contribution in [0.2, 0.25) is 10.3 Å². The first-order valence-corrected chi connectivity index (χ1v) is 6.05. The maximum absolute atomic E-state index is 5.88. The van der Waals surface area contributed by atoms with Gasteiger partial charge in [-0.25, -0.2) is 0 Å². The van der Waals surface area contributed by atoms with Gasteiger partial charge in [-0.15, -0.1) is 10.2 Å². The molecule has 1 saturated carbocycles. The van der Waals surface area contributed by atoms with Crippen LogP contribution in [-0.4, -0.2) is 41.3 Å². The summed E-state index contributed by atoms with van der Waals surface area (Å²) in [6, 6.07) is 2.46. The van der Waals surface area contributed by atoms with Crippen LogP contribution in [-0.2, 0) is 0 Å². The summed E-state index contributed by atoms with van der Waals surface area (Å²) in [5.74, 6) is 0. The topological polar surface area (TPSA) is 41.0 Å². The average Bonchev–Trinajstić information content (AvgIpc) is 3.06. The van der Waals surface area contributed by atoms with E-state index in [1.165, 1.54) is 12.8 Å². The monoisotopic (exact) mass is 260 g/mol. The lowest BCUT2D eigenvalue weighted by atomic mass is 10.4. The molecule has 2 rings (SSSR count). The fraction of sp³-hybridized carbons (Fsp3) is 0.600. The molecule has 1 aromatic heterocycles. The molecule has 1 aliphatic rings. The summed E-state index contributed by atoms with van der Waals surface area (Å²) in [6.45, 7) is 1.82. The van der Waals surface area contributed by atoms with E-state index in [2.05, 4.69) is 27.5 Å². The smallest absolute Gasteiger partial charge is 0.174 e. The second-order valence-corrected chi connectivity index (χ2v) is 4.76. The van der Waals surface area contributed by atoms with Gasteiger partial charge < -0.3 is 10.2 Å². The number of halogens is 2. The van der Waals surface area contributed by atoms with Gasteiger partial charge in [0.05, 0.1) is 5.69 Å². The van der Waals surface area contributed by atoms with Gasteiger partial charge in [0, 0.05) is 25.2 Å². The van der Waals surface area contributed by atoms with Crippen LogP contribution in [0, 0.1) is 0 Å². The molecule has 0 aromatic carbocycles. The van der Waals surface area contributed by atoms with E-state index in [1.807, 2.05) is 0 Å². The second kappa shape index (κ2) is 5.17. The molecule has 1 aromatic rings. The first kappa shape index (κ1) is 11.9. The summed E-state index contributed by atoms with van der Waals surface area (Å²) in [4.78, 5) is 2.34. The van der Waals surface area contributed by atoms with Crippen LogP contribution in [0.3, 0.4) is 0 Å². The van der Waals surface area contributed by atoms with Crippen molar-refractivity contribution in [1.29, 1.82) is 0 Å². The van der Waals surface area contributed by atoms with Gasteiger partial charge in [0.15, 0.2) is 10.3 Å². The van der Waals surface area contributed by atoms with Gasteiger partial charge in [-0.1, -0.05) is 23.2 Å². The van der Waals surface area contributed by atoms with E-state index in [0.29, 0.717) is 10.3 Å². The molecule has 0 radical (unpaired) electrons. The van der Waals surface area contributed by atoms with Gasteiger partial charge in [-0.05, 0) is 19.9 Å². The molecule has 1 aliphatic carbocycles. The Bertz CT molecular complexity index is 368. The van der Waals surface area contributed by atoms with Gasteiger partial charge in [-0.2, -0.15) is 0 Å². The summed E-state index contributed by atoms with van der Waals surface area (Å²) in [7, 11) is 2.14. The molecular formula is C10H14Cl2N4. The lowest BCUT2D eigenvalue weighted by molar-refractivity contribution is 0.337. The van der Waals surface area contributed by atoms with Crippen molar-refractivity contribution in [2.45, 2.75) is 18.9 Å². The highest BCUT2D eigenvalue weighted by molar-refractivity contribution is 6.33. The second-order valence-electron chi connectivity index (χ2n) is 4.01. The highest BCUT2D eigenvalue weighted by Crippen LogP contribution is 2.25. The zero-order valence-corrected chi connectivity index (χ0v) is 10.6. The Morgan fingerprint density at radius 3 is 2.88 bits per heavy atom. The number of nitrogens with one attached hydrogen (secondary N) is 1. The molecular weight excluding hydrogens is 247 g/mol. The predicted molar refractivity (Wildman–Crippen MR) is 66.2 cm³/mol. The Morgan fingerprint density at radius 1 is 1.44 bits per heavy atom. The summed E-state index contributed by atoms with van der Waals surface area (Å²) < 4.78 is 0. The van der Waals surface area contributed by atoms with Gasteiger partial charge in [-0.3, -0.25) is 0 Å². The predicted octanol–water partition coefficient (Wildman–Crippen LogP) is 2.29. The summed E-state index contributed by atoms with van der Waals surface area (Å²) in [5.41, 5.74) is 0.742. The lowest BCUT2D eigenvalue weighted by Gasteiger charge is -2.16. The third-order valence-electron chi connectivity index (χ3n) is 2.67. The van der Waals surface area contributed by atoms with E-state index in [0.717, 1.165) is 24.8 Å². The van der Waals surface area contributed by atoms with Crippen LogP contribution in [0.5, 0.6) is 0 Å². The highest BCUT2D eigenvalue weighted by Gasteiger charge is 2.25. The number of hydrogen-bond acceptors (Lipinski definition) is 4. The summed E-state index contributed by atoms with van der Waals surface area (Å²) in [6.07, 6.45) is 2.64. The van der Waals surface area contributed by atoms with Crippen molar-refractivity contribution in [2.24, 2.45) is 0 Å². The number of hydrogen-bond donors (Lipinski definition) is 1. The third-order valence-corrected chi connectivity index (χ3v) is 3.13. The normalized spacial score (nSPS) is 15.5. The van der Waals surface area contributed by atoms with Crippen molar-refractivity contribution in [2.75, 3.05) is 25.5 Å². The van der Waals surface area contributed by atoms with E-state index in [-0.39, 0.29) is 0 Å². The maximum atomic E-state index is 5.88. The van der Waals surface area contributed by atoms with Crippen LogP contribution in [0.15, 0.2) is 6.07 Å². The molecule has 0 aliphatic heterocycles. The largest absolute Gasteiger partial charge is 0.381 e. The molecule has 1 N–H and O–H groups in total. The van der Waals surface area contributed by atoms with Gasteiger partial charge >= 0.3 is 0 Å². The zero-order valence-electron chi connectivity index (χ0n) is 9.08. The summed E-state index contributed by atoms with van der Waals surface area (Å²) in [5, 5.41) is 11.3. The molecule has 1 heterocycles. The van der Waals surface area contributed by atoms with Crippen molar-refractivity contribution < 1.29 is 0 Å². The molecule has 4 nitrogen and oxygen atoms in total. The van der Waals surface area contributed by atoms with Crippen LogP contribution in [0.4, 0.5) is 5.69 Å². The summed E-state index contributed by atoms with van der Waals surface area (Å²) >= 11 is 11.6. The average molecular weight is 261 g/mol. The van der Waals surface area contributed by atoms with E-state index < -0.39 is 0 Å². The standard InChI is InChI=1S/C10H14Cl2N4/c1-16(7-2-3-7)5-4-13-8-6-9(11)14-15-10(8)12/h6-7H,2-5H2,1H3,(H,13,14). The molecule has 0 bridgehead atoms. The van der Waals surface area contributed by atoms with Crippen LogP contribution < -0.4 is 5.32 Å². The van der Waals surface area contributed by atoms with Crippen molar-refractivity contribution in [3.05, 3.63) is 16.4 Å². The minimum atomic E-state index is 0.349. The van der Waals surface area contributed by atoms with E-state index >= 15 is 0 Å². The fourth-order valence-electron chi connectivity index (χ4n) is 1.54. The highest BCUT2D eigenvalue weighted by atomic mass is 35.5. The van der Waals surface area contributed by atoms with Gasteiger partial charge in [0.2, 0.25) is 0 Å². The quantitative estimate of drug-likeness (QED) is 0.882. The Hall–Kier alpha value is -0.580. The molecule has 0 spiro atoms. The minimum absolute atomic E-state index is 0.349. The van der Waals surface area contributed by atoms with Crippen LogP contribution in [0.25, 0.3) is 0 Å². The molecule has 88 valence electrons. The fourth-order valence-corrected chi connectivity index (χ4v) is 1.85. The van der Waals surface area contributed by atoms with Gasteiger partial charge in [0.1, 0.15) is 0 Å². The molecule has 6 heteroatoms. The Kier molecular flexibility index (Phi) is 3.84. The Labute approximate surface area is 105 Å². The first-order valence-electron chi connectivity index (χ1n) is 5.29. The molecule has 0 amide bonds. The number of rotatable bonds is 5. The molecule has 0 unspecified atom stereocenters. The lowest BCUT2D eigenvalue weighted by Crippen LogP contribution is -2.27. The Balaban J connectivity index is 1.81. The molecule has 0 atom stereocenters. The van der Waals surface area contributed by atoms with E-state index in [9.17, 15) is 0 Å². The van der Waals surface area contributed by atoms with E-state index in [4.69, 9.17) is 23.2 Å². The Morgan fingerprint density at radius 2 is 2.19 bits per heavy atom. The SMILES string of the molecule is CN(CCNc1cc(Cl)nnc1Cl)C1CC1. The van der Waals surface area contributed by atoms with Crippen molar-refractivity contribution in [1.82, 2.24) is 15.1 Å². The molecule has 16 heavy (non-hydrogen) atoms.